The molecule has 112 valence electrons. The summed E-state index contributed by atoms with van der Waals surface area (Å²) in [6.07, 6.45) is 0.131. The van der Waals surface area contributed by atoms with Gasteiger partial charge in [0.15, 0.2) is 0 Å². The molecule has 21 heavy (non-hydrogen) atoms. The number of benzene rings is 1. The molecule has 4 nitrogen and oxygen atoms in total. The fourth-order valence-electron chi connectivity index (χ4n) is 2.88. The minimum Gasteiger partial charge on any atom is -0.397 e. The van der Waals surface area contributed by atoms with Crippen molar-refractivity contribution >= 4 is 33.0 Å². The third-order valence-corrected chi connectivity index (χ3v) is 4.96. The Morgan fingerprint density at radius 3 is 2.67 bits per heavy atom. The Hall–Kier alpha value is -1.59. The lowest BCUT2D eigenvalue weighted by atomic mass is 10.1. The van der Waals surface area contributed by atoms with E-state index in [9.17, 15) is 4.79 Å². The van der Waals surface area contributed by atoms with E-state index in [4.69, 9.17) is 10.5 Å². The van der Waals surface area contributed by atoms with Crippen LogP contribution in [-0.4, -0.2) is 36.1 Å². The van der Waals surface area contributed by atoms with Crippen molar-refractivity contribution in [2.24, 2.45) is 0 Å². The first-order chi connectivity index (χ1) is 9.95. The largest absolute Gasteiger partial charge is 0.397 e. The van der Waals surface area contributed by atoms with Crippen LogP contribution < -0.4 is 5.73 Å². The lowest BCUT2D eigenvalue weighted by Crippen LogP contribution is -2.48. The van der Waals surface area contributed by atoms with Crippen molar-refractivity contribution in [3.05, 3.63) is 28.6 Å². The van der Waals surface area contributed by atoms with Crippen molar-refractivity contribution in [2.75, 3.05) is 18.8 Å². The molecule has 0 saturated carbocycles. The summed E-state index contributed by atoms with van der Waals surface area (Å²) < 4.78 is 6.75. The first-order valence-electron chi connectivity index (χ1n) is 7.19. The highest BCUT2D eigenvalue weighted by Gasteiger charge is 2.29. The molecule has 1 aromatic carbocycles. The van der Waals surface area contributed by atoms with E-state index in [1.165, 1.54) is 11.3 Å². The molecule has 1 amide bonds. The number of fused-ring (bicyclic) bond motifs is 1. The van der Waals surface area contributed by atoms with Crippen LogP contribution in [0.5, 0.6) is 0 Å². The maximum absolute atomic E-state index is 12.8. The van der Waals surface area contributed by atoms with Gasteiger partial charge in [-0.25, -0.2) is 0 Å². The fourth-order valence-corrected chi connectivity index (χ4v) is 3.95. The highest BCUT2D eigenvalue weighted by Crippen LogP contribution is 2.35. The summed E-state index contributed by atoms with van der Waals surface area (Å²) >= 11 is 1.48. The molecule has 1 fully saturated rings. The zero-order chi connectivity index (χ0) is 15.1. The Bertz CT molecular complexity index is 685. The Kier molecular flexibility index (Phi) is 3.63. The Balaban J connectivity index is 1.96. The van der Waals surface area contributed by atoms with Gasteiger partial charge < -0.3 is 15.4 Å². The van der Waals surface area contributed by atoms with Gasteiger partial charge in [-0.15, -0.1) is 11.3 Å². The summed E-state index contributed by atoms with van der Waals surface area (Å²) in [6.45, 7) is 7.26. The first-order valence-corrected chi connectivity index (χ1v) is 8.00. The highest BCUT2D eigenvalue weighted by atomic mass is 32.1. The van der Waals surface area contributed by atoms with Crippen molar-refractivity contribution in [1.29, 1.82) is 0 Å². The van der Waals surface area contributed by atoms with E-state index >= 15 is 0 Å². The van der Waals surface area contributed by atoms with Crippen LogP contribution in [0.4, 0.5) is 5.69 Å². The van der Waals surface area contributed by atoms with E-state index in [2.05, 4.69) is 0 Å². The van der Waals surface area contributed by atoms with Gasteiger partial charge in [-0.1, -0.05) is 11.6 Å². The van der Waals surface area contributed by atoms with E-state index in [0.717, 1.165) is 15.6 Å². The van der Waals surface area contributed by atoms with Crippen molar-refractivity contribution in [3.8, 4) is 0 Å². The molecule has 5 heteroatoms. The Morgan fingerprint density at radius 1 is 1.33 bits per heavy atom. The van der Waals surface area contributed by atoms with Crippen LogP contribution in [-0.2, 0) is 4.74 Å². The SMILES string of the molecule is Cc1ccc2sc(C(=O)N3C[C@@H](C)O[C@@H](C)C3)c(N)c2c1. The maximum Gasteiger partial charge on any atom is 0.266 e. The molecule has 0 unspecified atom stereocenters. The smallest absolute Gasteiger partial charge is 0.266 e. The van der Waals surface area contributed by atoms with E-state index in [1.54, 1.807) is 0 Å². The maximum atomic E-state index is 12.8. The van der Waals surface area contributed by atoms with Crippen molar-refractivity contribution < 1.29 is 9.53 Å². The van der Waals surface area contributed by atoms with Crippen LogP contribution in [0, 0.1) is 6.92 Å². The van der Waals surface area contributed by atoms with Crippen molar-refractivity contribution in [3.63, 3.8) is 0 Å². The van der Waals surface area contributed by atoms with E-state index in [-0.39, 0.29) is 18.1 Å². The monoisotopic (exact) mass is 304 g/mol. The predicted molar refractivity (Wildman–Crippen MR) is 86.9 cm³/mol. The van der Waals surface area contributed by atoms with Gasteiger partial charge in [-0.2, -0.15) is 0 Å². The second kappa shape index (κ2) is 5.31. The molecule has 1 aromatic heterocycles. The normalized spacial score (nSPS) is 22.7. The minimum absolute atomic E-state index is 0.0216. The van der Waals surface area contributed by atoms with E-state index in [1.807, 2.05) is 43.9 Å². The molecule has 0 spiro atoms. The number of carbonyl (C=O) groups excluding carboxylic acids is 1. The summed E-state index contributed by atoms with van der Waals surface area (Å²) in [4.78, 5) is 15.3. The Morgan fingerprint density at radius 2 is 2.00 bits per heavy atom. The number of rotatable bonds is 1. The summed E-state index contributed by atoms with van der Waals surface area (Å²) in [5.41, 5.74) is 7.98. The number of nitrogen functional groups attached to an aromatic ring is 1. The zero-order valence-electron chi connectivity index (χ0n) is 12.6. The van der Waals surface area contributed by atoms with Gasteiger partial charge in [0.2, 0.25) is 0 Å². The number of anilines is 1. The van der Waals surface area contributed by atoms with Gasteiger partial charge in [0, 0.05) is 23.2 Å². The average molecular weight is 304 g/mol. The molecule has 2 aromatic rings. The third-order valence-electron chi connectivity index (χ3n) is 3.78. The number of nitrogens with two attached hydrogens (primary N) is 1. The standard InChI is InChI=1S/C16H20N2O2S/c1-9-4-5-13-12(6-9)14(17)15(21-13)16(19)18-7-10(2)20-11(3)8-18/h4-6,10-11H,7-8,17H2,1-3H3/t10-,11+. The van der Waals surface area contributed by atoms with Gasteiger partial charge in [-0.3, -0.25) is 4.79 Å². The molecular weight excluding hydrogens is 284 g/mol. The van der Waals surface area contributed by atoms with Gasteiger partial charge >= 0.3 is 0 Å². The molecule has 0 bridgehead atoms. The second-order valence-electron chi connectivity index (χ2n) is 5.81. The number of aryl methyl sites for hydroxylation is 1. The molecule has 2 atom stereocenters. The number of amides is 1. The minimum atomic E-state index is 0.0216. The predicted octanol–water partition coefficient (Wildman–Crippen LogP) is 3.04. The first kappa shape index (κ1) is 14.4. The van der Waals surface area contributed by atoms with Crippen LogP contribution in [0.2, 0.25) is 0 Å². The molecule has 3 rings (SSSR count). The Labute approximate surface area is 128 Å². The zero-order valence-corrected chi connectivity index (χ0v) is 13.4. The number of carbonyl (C=O) groups is 1. The van der Waals surface area contributed by atoms with Crippen LogP contribution in [0.3, 0.4) is 0 Å². The van der Waals surface area contributed by atoms with Crippen LogP contribution in [0.15, 0.2) is 18.2 Å². The van der Waals surface area contributed by atoms with Gasteiger partial charge in [0.05, 0.1) is 17.9 Å². The number of nitrogens with zero attached hydrogens (tertiary/aromatic N) is 1. The topological polar surface area (TPSA) is 55.6 Å². The van der Waals surface area contributed by atoms with Crippen LogP contribution in [0.25, 0.3) is 10.1 Å². The van der Waals surface area contributed by atoms with Gasteiger partial charge in [0.1, 0.15) is 4.88 Å². The lowest BCUT2D eigenvalue weighted by molar-refractivity contribution is -0.0584. The number of hydrogen-bond donors (Lipinski definition) is 1. The molecule has 2 N–H and O–H groups in total. The summed E-state index contributed by atoms with van der Waals surface area (Å²) in [5, 5.41) is 0.984. The van der Waals surface area contributed by atoms with Crippen molar-refractivity contribution in [2.45, 2.75) is 33.0 Å². The molecular formula is C16H20N2O2S. The quantitative estimate of drug-likeness (QED) is 0.881. The summed E-state index contributed by atoms with van der Waals surface area (Å²) in [6, 6.07) is 6.13. The fraction of sp³-hybridized carbons (Fsp3) is 0.438. The average Bonchev–Trinajstić information content (AvgIpc) is 2.74. The highest BCUT2D eigenvalue weighted by molar-refractivity contribution is 7.21. The third kappa shape index (κ3) is 2.63. The molecule has 2 heterocycles. The number of morpholine rings is 1. The van der Waals surface area contributed by atoms with Crippen LogP contribution in [0.1, 0.15) is 29.1 Å². The number of ether oxygens (including phenoxy) is 1. The number of hydrogen-bond acceptors (Lipinski definition) is 4. The van der Waals surface area contributed by atoms with E-state index < -0.39 is 0 Å². The van der Waals surface area contributed by atoms with Crippen molar-refractivity contribution in [1.82, 2.24) is 4.90 Å². The second-order valence-corrected chi connectivity index (χ2v) is 6.86. The van der Waals surface area contributed by atoms with Crippen LogP contribution >= 0.6 is 11.3 Å². The van der Waals surface area contributed by atoms with E-state index in [0.29, 0.717) is 23.7 Å². The number of thiophene rings is 1. The molecule has 0 aliphatic carbocycles. The molecule has 1 aliphatic heterocycles. The summed E-state index contributed by atoms with van der Waals surface area (Å²) in [5.74, 6) is 0.0216. The summed E-state index contributed by atoms with van der Waals surface area (Å²) in [7, 11) is 0. The van der Waals surface area contributed by atoms with Gasteiger partial charge in [-0.05, 0) is 32.9 Å². The molecule has 1 saturated heterocycles. The lowest BCUT2D eigenvalue weighted by Gasteiger charge is -2.35. The molecule has 0 radical (unpaired) electrons. The molecule has 1 aliphatic rings. The van der Waals surface area contributed by atoms with Gasteiger partial charge in [0.25, 0.3) is 5.91 Å².